The Bertz CT molecular complexity index is 665. The molecule has 4 nitrogen and oxygen atoms in total. The number of aryl methyl sites for hydroxylation is 2. The Morgan fingerprint density at radius 3 is 2.62 bits per heavy atom. The molecule has 0 fully saturated rings. The highest BCUT2D eigenvalue weighted by Crippen LogP contribution is 2.27. The van der Waals surface area contributed by atoms with E-state index in [-0.39, 0.29) is 5.78 Å². The first-order valence-electron chi connectivity index (χ1n) is 7.13. The van der Waals surface area contributed by atoms with E-state index >= 15 is 0 Å². The molecule has 0 atom stereocenters. The van der Waals surface area contributed by atoms with Crippen LogP contribution < -0.4 is 4.74 Å². The van der Waals surface area contributed by atoms with Crippen LogP contribution >= 0.6 is 0 Å². The normalized spacial score (nSPS) is 10.9. The van der Waals surface area contributed by atoms with Gasteiger partial charge in [-0.1, -0.05) is 6.92 Å². The standard InChI is InChI=1S/C17H21NO3/c1-5-13-8-14-9-17(21-7-6-20-4)15(12(3)19)10-16(14)18-11(13)2/h8-10H,5-7H2,1-4H3. The Kier molecular flexibility index (Phi) is 4.91. The predicted octanol–water partition coefficient (Wildman–Crippen LogP) is 3.33. The molecule has 0 aliphatic carbocycles. The van der Waals surface area contributed by atoms with E-state index in [0.29, 0.717) is 24.5 Å². The lowest BCUT2D eigenvalue weighted by atomic mass is 10.0. The molecule has 2 rings (SSSR count). The summed E-state index contributed by atoms with van der Waals surface area (Å²) in [7, 11) is 1.62. The molecule has 0 aliphatic rings. The van der Waals surface area contributed by atoms with Crippen LogP contribution in [0.1, 0.15) is 35.5 Å². The highest BCUT2D eigenvalue weighted by Gasteiger charge is 2.12. The van der Waals surface area contributed by atoms with Gasteiger partial charge in [0.25, 0.3) is 0 Å². The summed E-state index contributed by atoms with van der Waals surface area (Å²) in [4.78, 5) is 16.4. The van der Waals surface area contributed by atoms with Crippen LogP contribution in [0.4, 0.5) is 0 Å². The van der Waals surface area contributed by atoms with Crippen molar-refractivity contribution in [3.63, 3.8) is 0 Å². The molecule has 4 heteroatoms. The Hall–Kier alpha value is -1.94. The van der Waals surface area contributed by atoms with Crippen LogP contribution in [0, 0.1) is 6.92 Å². The summed E-state index contributed by atoms with van der Waals surface area (Å²) in [5, 5.41) is 0.995. The van der Waals surface area contributed by atoms with Gasteiger partial charge in [0.1, 0.15) is 12.4 Å². The van der Waals surface area contributed by atoms with Gasteiger partial charge in [-0.25, -0.2) is 0 Å². The zero-order valence-electron chi connectivity index (χ0n) is 13.0. The number of hydrogen-bond donors (Lipinski definition) is 0. The maximum atomic E-state index is 11.8. The third-order valence-electron chi connectivity index (χ3n) is 3.52. The van der Waals surface area contributed by atoms with Gasteiger partial charge in [-0.15, -0.1) is 0 Å². The van der Waals surface area contributed by atoms with E-state index in [1.165, 1.54) is 12.5 Å². The zero-order valence-corrected chi connectivity index (χ0v) is 13.0. The van der Waals surface area contributed by atoms with Gasteiger partial charge < -0.3 is 9.47 Å². The minimum absolute atomic E-state index is 0.0247. The largest absolute Gasteiger partial charge is 0.490 e. The van der Waals surface area contributed by atoms with Crippen molar-refractivity contribution in [2.24, 2.45) is 0 Å². The van der Waals surface area contributed by atoms with Crippen LogP contribution in [-0.4, -0.2) is 31.1 Å². The summed E-state index contributed by atoms with van der Waals surface area (Å²) in [5.74, 6) is 0.572. The summed E-state index contributed by atoms with van der Waals surface area (Å²) >= 11 is 0. The number of benzene rings is 1. The number of ether oxygens (including phenoxy) is 2. The lowest BCUT2D eigenvalue weighted by Crippen LogP contribution is -2.08. The summed E-state index contributed by atoms with van der Waals surface area (Å²) in [6, 6.07) is 5.82. The van der Waals surface area contributed by atoms with Crippen molar-refractivity contribution in [1.82, 2.24) is 4.98 Å². The summed E-state index contributed by atoms with van der Waals surface area (Å²) in [6.45, 7) is 6.55. The summed E-state index contributed by atoms with van der Waals surface area (Å²) in [5.41, 5.74) is 3.61. The molecule has 1 aromatic carbocycles. The SMILES string of the molecule is CCc1cc2cc(OCCOC)c(C(C)=O)cc2nc1C. The smallest absolute Gasteiger partial charge is 0.163 e. The van der Waals surface area contributed by atoms with Gasteiger partial charge in [-0.2, -0.15) is 0 Å². The summed E-state index contributed by atoms with van der Waals surface area (Å²) < 4.78 is 10.7. The van der Waals surface area contributed by atoms with Crippen LogP contribution in [0.15, 0.2) is 18.2 Å². The number of carbonyl (C=O) groups is 1. The lowest BCUT2D eigenvalue weighted by Gasteiger charge is -2.12. The Labute approximate surface area is 125 Å². The fraction of sp³-hybridized carbons (Fsp3) is 0.412. The Balaban J connectivity index is 2.51. The average molecular weight is 287 g/mol. The first-order valence-corrected chi connectivity index (χ1v) is 7.13. The van der Waals surface area contributed by atoms with E-state index in [1.54, 1.807) is 7.11 Å². The van der Waals surface area contributed by atoms with Gasteiger partial charge in [0.2, 0.25) is 0 Å². The number of fused-ring (bicyclic) bond motifs is 1. The van der Waals surface area contributed by atoms with E-state index in [9.17, 15) is 4.79 Å². The first-order chi connectivity index (χ1) is 10.1. The number of nitrogens with zero attached hydrogens (tertiary/aromatic N) is 1. The lowest BCUT2D eigenvalue weighted by molar-refractivity contribution is 0.101. The molecule has 0 saturated heterocycles. The number of aromatic nitrogens is 1. The van der Waals surface area contributed by atoms with Crippen molar-refractivity contribution in [3.8, 4) is 5.75 Å². The Morgan fingerprint density at radius 2 is 2.00 bits per heavy atom. The topological polar surface area (TPSA) is 48.4 Å². The van der Waals surface area contributed by atoms with Crippen LogP contribution in [0.3, 0.4) is 0 Å². The van der Waals surface area contributed by atoms with Crippen molar-refractivity contribution in [2.45, 2.75) is 27.2 Å². The second kappa shape index (κ2) is 6.68. The predicted molar refractivity (Wildman–Crippen MR) is 83.2 cm³/mol. The minimum Gasteiger partial charge on any atom is -0.490 e. The Morgan fingerprint density at radius 1 is 1.24 bits per heavy atom. The molecule has 1 aromatic heterocycles. The van der Waals surface area contributed by atoms with Gasteiger partial charge >= 0.3 is 0 Å². The number of pyridine rings is 1. The highest BCUT2D eigenvalue weighted by atomic mass is 16.5. The second-order valence-electron chi connectivity index (χ2n) is 5.02. The van der Waals surface area contributed by atoms with Crippen molar-refractivity contribution < 1.29 is 14.3 Å². The average Bonchev–Trinajstić information content (AvgIpc) is 2.46. The number of methoxy groups -OCH3 is 1. The molecule has 0 bridgehead atoms. The van der Waals surface area contributed by atoms with E-state index in [1.807, 2.05) is 19.1 Å². The fourth-order valence-corrected chi connectivity index (χ4v) is 2.33. The molecule has 0 N–H and O–H groups in total. The van der Waals surface area contributed by atoms with Gasteiger partial charge in [0.15, 0.2) is 5.78 Å². The minimum atomic E-state index is -0.0247. The highest BCUT2D eigenvalue weighted by molar-refractivity contribution is 6.00. The molecule has 1 heterocycles. The third kappa shape index (κ3) is 3.39. The van der Waals surface area contributed by atoms with Gasteiger partial charge in [-0.3, -0.25) is 9.78 Å². The monoisotopic (exact) mass is 287 g/mol. The maximum Gasteiger partial charge on any atom is 0.163 e. The van der Waals surface area contributed by atoms with Crippen LogP contribution in [-0.2, 0) is 11.2 Å². The zero-order chi connectivity index (χ0) is 15.4. The quantitative estimate of drug-likeness (QED) is 0.604. The molecule has 0 unspecified atom stereocenters. The van der Waals surface area contributed by atoms with E-state index in [0.717, 1.165) is 23.0 Å². The van der Waals surface area contributed by atoms with Gasteiger partial charge in [-0.05, 0) is 44.0 Å². The van der Waals surface area contributed by atoms with Crippen molar-refractivity contribution in [2.75, 3.05) is 20.3 Å². The molecule has 0 amide bonds. The molecular formula is C17H21NO3. The van der Waals surface area contributed by atoms with Gasteiger partial charge in [0, 0.05) is 18.2 Å². The molecule has 0 spiro atoms. The van der Waals surface area contributed by atoms with Crippen LogP contribution in [0.25, 0.3) is 10.9 Å². The second-order valence-corrected chi connectivity index (χ2v) is 5.02. The molecule has 2 aromatic rings. The van der Waals surface area contributed by atoms with Crippen molar-refractivity contribution >= 4 is 16.7 Å². The van der Waals surface area contributed by atoms with Gasteiger partial charge in [0.05, 0.1) is 17.7 Å². The molecule has 21 heavy (non-hydrogen) atoms. The number of ketones is 1. The van der Waals surface area contributed by atoms with E-state index in [2.05, 4.69) is 18.0 Å². The fourth-order valence-electron chi connectivity index (χ4n) is 2.33. The van der Waals surface area contributed by atoms with E-state index in [4.69, 9.17) is 9.47 Å². The van der Waals surface area contributed by atoms with Crippen molar-refractivity contribution in [1.29, 1.82) is 0 Å². The van der Waals surface area contributed by atoms with Crippen LogP contribution in [0.5, 0.6) is 5.75 Å². The molecule has 112 valence electrons. The number of rotatable bonds is 6. The molecule has 0 radical (unpaired) electrons. The number of carbonyl (C=O) groups excluding carboxylic acids is 1. The third-order valence-corrected chi connectivity index (χ3v) is 3.52. The van der Waals surface area contributed by atoms with Crippen LogP contribution in [0.2, 0.25) is 0 Å². The summed E-state index contributed by atoms with van der Waals surface area (Å²) in [6.07, 6.45) is 0.934. The maximum absolute atomic E-state index is 11.8. The molecular weight excluding hydrogens is 266 g/mol. The molecule has 0 aliphatic heterocycles. The number of hydrogen-bond acceptors (Lipinski definition) is 4. The van der Waals surface area contributed by atoms with E-state index < -0.39 is 0 Å². The molecule has 0 saturated carbocycles. The first kappa shape index (κ1) is 15.4. The van der Waals surface area contributed by atoms with Crippen molar-refractivity contribution in [3.05, 3.63) is 35.0 Å². The number of Topliss-reactive ketones (excluding diaryl/α,β-unsaturated/α-hetero) is 1.